The van der Waals surface area contributed by atoms with Crippen LogP contribution in [-0.2, 0) is 12.7 Å². The maximum absolute atomic E-state index is 13.0. The molecule has 8 heteroatoms. The van der Waals surface area contributed by atoms with E-state index in [1.54, 1.807) is 6.92 Å². The number of halogens is 3. The van der Waals surface area contributed by atoms with Crippen LogP contribution in [0.25, 0.3) is 0 Å². The van der Waals surface area contributed by atoms with E-state index in [1.165, 1.54) is 19.2 Å². The van der Waals surface area contributed by atoms with Crippen LogP contribution in [0.5, 0.6) is 5.75 Å². The maximum atomic E-state index is 13.0. The Bertz CT molecular complexity index is 505. The predicted molar refractivity (Wildman–Crippen MR) is 74.5 cm³/mol. The molecule has 0 radical (unpaired) electrons. The van der Waals surface area contributed by atoms with Gasteiger partial charge >= 0.3 is 12.2 Å². The quantitative estimate of drug-likeness (QED) is 0.753. The standard InChI is InChI=1S/C14H19F3N2O3/c1-9(20)5-6-18-13(21)19-8-10-3-4-11(22-2)7-12(10)14(15,16)17/h3-4,7,9,20H,5-6,8H2,1-2H3,(H2,18,19,21). The molecule has 0 aliphatic rings. The molecule has 0 aliphatic heterocycles. The van der Waals surface area contributed by atoms with Crippen LogP contribution < -0.4 is 15.4 Å². The van der Waals surface area contributed by atoms with Gasteiger partial charge in [-0.2, -0.15) is 13.2 Å². The molecular weight excluding hydrogens is 301 g/mol. The molecular formula is C14H19F3N2O3. The number of aliphatic hydroxyl groups excluding tert-OH is 1. The molecule has 2 amide bonds. The van der Waals surface area contributed by atoms with Gasteiger partial charge in [-0.05, 0) is 31.0 Å². The molecule has 0 heterocycles. The van der Waals surface area contributed by atoms with E-state index in [2.05, 4.69) is 10.6 Å². The Balaban J connectivity index is 2.67. The number of aliphatic hydroxyl groups is 1. The number of alkyl halides is 3. The van der Waals surface area contributed by atoms with Crippen molar-refractivity contribution in [2.24, 2.45) is 0 Å². The van der Waals surface area contributed by atoms with Gasteiger partial charge in [0.15, 0.2) is 0 Å². The molecule has 22 heavy (non-hydrogen) atoms. The molecule has 0 spiro atoms. The van der Waals surface area contributed by atoms with Crippen LogP contribution in [0.2, 0.25) is 0 Å². The van der Waals surface area contributed by atoms with E-state index < -0.39 is 23.9 Å². The van der Waals surface area contributed by atoms with Gasteiger partial charge in [-0.25, -0.2) is 4.79 Å². The Labute approximate surface area is 126 Å². The van der Waals surface area contributed by atoms with Crippen molar-refractivity contribution in [3.8, 4) is 5.75 Å². The minimum atomic E-state index is -4.53. The van der Waals surface area contributed by atoms with E-state index >= 15 is 0 Å². The predicted octanol–water partition coefficient (Wildman–Crippen LogP) is 2.28. The molecule has 1 rings (SSSR count). The number of benzene rings is 1. The van der Waals surface area contributed by atoms with Crippen molar-refractivity contribution < 1.29 is 27.8 Å². The number of nitrogens with one attached hydrogen (secondary N) is 2. The zero-order valence-electron chi connectivity index (χ0n) is 12.3. The van der Waals surface area contributed by atoms with Gasteiger partial charge in [0.25, 0.3) is 0 Å². The summed E-state index contributed by atoms with van der Waals surface area (Å²) in [6.07, 6.45) is -4.73. The minimum absolute atomic E-state index is 0.0565. The highest BCUT2D eigenvalue weighted by Gasteiger charge is 2.33. The van der Waals surface area contributed by atoms with Gasteiger partial charge in [-0.1, -0.05) is 6.07 Å². The molecule has 124 valence electrons. The fourth-order valence-corrected chi connectivity index (χ4v) is 1.73. The summed E-state index contributed by atoms with van der Waals surface area (Å²) in [6.45, 7) is 1.55. The van der Waals surface area contributed by atoms with Gasteiger partial charge in [0, 0.05) is 13.1 Å². The third-order valence-corrected chi connectivity index (χ3v) is 2.91. The lowest BCUT2D eigenvalue weighted by molar-refractivity contribution is -0.138. The molecule has 1 aromatic rings. The first-order chi connectivity index (χ1) is 10.2. The molecule has 1 atom stereocenters. The van der Waals surface area contributed by atoms with Gasteiger partial charge in [-0.15, -0.1) is 0 Å². The smallest absolute Gasteiger partial charge is 0.416 e. The van der Waals surface area contributed by atoms with Gasteiger partial charge in [-0.3, -0.25) is 0 Å². The summed E-state index contributed by atoms with van der Waals surface area (Å²) < 4.78 is 43.7. The summed E-state index contributed by atoms with van der Waals surface area (Å²) in [4.78, 5) is 11.5. The third-order valence-electron chi connectivity index (χ3n) is 2.91. The van der Waals surface area contributed by atoms with Crippen molar-refractivity contribution in [3.05, 3.63) is 29.3 Å². The molecule has 3 N–H and O–H groups in total. The molecule has 0 saturated carbocycles. The lowest BCUT2D eigenvalue weighted by Crippen LogP contribution is -2.36. The van der Waals surface area contributed by atoms with Crippen LogP contribution in [0.15, 0.2) is 18.2 Å². The maximum Gasteiger partial charge on any atom is 0.416 e. The monoisotopic (exact) mass is 320 g/mol. The van der Waals surface area contributed by atoms with Crippen LogP contribution in [0.4, 0.5) is 18.0 Å². The Morgan fingerprint density at radius 2 is 2.05 bits per heavy atom. The van der Waals surface area contributed by atoms with Crippen LogP contribution in [0.3, 0.4) is 0 Å². The van der Waals surface area contributed by atoms with Crippen LogP contribution in [0, 0.1) is 0 Å². The van der Waals surface area contributed by atoms with Crippen molar-refractivity contribution in [2.75, 3.05) is 13.7 Å². The Hall–Kier alpha value is -1.96. The number of amides is 2. The summed E-state index contributed by atoms with van der Waals surface area (Å²) in [7, 11) is 1.28. The molecule has 0 aromatic heterocycles. The SMILES string of the molecule is COc1ccc(CNC(=O)NCCC(C)O)c(C(F)(F)F)c1. The van der Waals surface area contributed by atoms with E-state index in [9.17, 15) is 18.0 Å². The number of urea groups is 1. The molecule has 0 saturated heterocycles. The molecule has 0 aliphatic carbocycles. The summed E-state index contributed by atoms with van der Waals surface area (Å²) in [5.74, 6) is 0.0949. The van der Waals surface area contributed by atoms with Crippen LogP contribution >= 0.6 is 0 Å². The Morgan fingerprint density at radius 3 is 2.59 bits per heavy atom. The fraction of sp³-hybridized carbons (Fsp3) is 0.500. The largest absolute Gasteiger partial charge is 0.497 e. The van der Waals surface area contributed by atoms with Gasteiger partial charge < -0.3 is 20.5 Å². The summed E-state index contributed by atoms with van der Waals surface area (Å²) in [5.41, 5.74) is -0.907. The topological polar surface area (TPSA) is 70.6 Å². The second kappa shape index (κ2) is 7.88. The molecule has 0 bridgehead atoms. The number of carbonyl (C=O) groups is 1. The van der Waals surface area contributed by atoms with Crippen LogP contribution in [-0.4, -0.2) is 30.9 Å². The van der Waals surface area contributed by atoms with E-state index in [0.717, 1.165) is 6.07 Å². The highest BCUT2D eigenvalue weighted by atomic mass is 19.4. The number of rotatable bonds is 6. The average Bonchev–Trinajstić information content (AvgIpc) is 2.43. The van der Waals surface area contributed by atoms with Gasteiger partial charge in [0.05, 0.1) is 18.8 Å². The number of carbonyl (C=O) groups excluding carboxylic acids is 1. The van der Waals surface area contributed by atoms with Crippen molar-refractivity contribution in [3.63, 3.8) is 0 Å². The number of hydrogen-bond donors (Lipinski definition) is 3. The third kappa shape index (κ3) is 5.80. The van der Waals surface area contributed by atoms with Gasteiger partial charge in [0.1, 0.15) is 5.75 Å². The zero-order valence-corrected chi connectivity index (χ0v) is 12.3. The average molecular weight is 320 g/mol. The summed E-state index contributed by atoms with van der Waals surface area (Å²) >= 11 is 0. The second-order valence-corrected chi connectivity index (χ2v) is 4.77. The molecule has 0 fully saturated rings. The first-order valence-corrected chi connectivity index (χ1v) is 6.68. The lowest BCUT2D eigenvalue weighted by atomic mass is 10.1. The Morgan fingerprint density at radius 1 is 1.36 bits per heavy atom. The molecule has 1 unspecified atom stereocenters. The van der Waals surface area contributed by atoms with Crippen molar-refractivity contribution in [1.29, 1.82) is 0 Å². The summed E-state index contributed by atoms with van der Waals surface area (Å²) in [5, 5.41) is 13.8. The highest BCUT2D eigenvalue weighted by Crippen LogP contribution is 2.34. The Kier molecular flexibility index (Phi) is 6.48. The second-order valence-electron chi connectivity index (χ2n) is 4.77. The minimum Gasteiger partial charge on any atom is -0.497 e. The zero-order chi connectivity index (χ0) is 16.8. The first-order valence-electron chi connectivity index (χ1n) is 6.68. The lowest BCUT2D eigenvalue weighted by Gasteiger charge is -2.15. The van der Waals surface area contributed by atoms with Gasteiger partial charge in [0.2, 0.25) is 0 Å². The first kappa shape index (κ1) is 18.1. The van der Waals surface area contributed by atoms with E-state index in [-0.39, 0.29) is 24.4 Å². The van der Waals surface area contributed by atoms with Crippen molar-refractivity contribution in [1.82, 2.24) is 10.6 Å². The highest BCUT2D eigenvalue weighted by molar-refractivity contribution is 5.73. The fourth-order valence-electron chi connectivity index (χ4n) is 1.73. The van der Waals surface area contributed by atoms with E-state index in [1.807, 2.05) is 0 Å². The number of ether oxygens (including phenoxy) is 1. The molecule has 5 nitrogen and oxygen atoms in total. The summed E-state index contributed by atoms with van der Waals surface area (Å²) in [6, 6.07) is 2.96. The van der Waals surface area contributed by atoms with Crippen LogP contribution in [0.1, 0.15) is 24.5 Å². The van der Waals surface area contributed by atoms with Crippen molar-refractivity contribution >= 4 is 6.03 Å². The van der Waals surface area contributed by atoms with Crippen molar-refractivity contribution in [2.45, 2.75) is 32.2 Å². The molecule has 1 aromatic carbocycles. The number of hydrogen-bond acceptors (Lipinski definition) is 3. The number of methoxy groups -OCH3 is 1. The normalized spacial score (nSPS) is 12.6. The van der Waals surface area contributed by atoms with E-state index in [0.29, 0.717) is 6.42 Å². The van der Waals surface area contributed by atoms with E-state index in [4.69, 9.17) is 9.84 Å².